The number of amides is 2. The SMILES string of the molecule is COCCOCNC(=O)Nc1ccc(N)cc1. The van der Waals surface area contributed by atoms with Gasteiger partial charge in [0.1, 0.15) is 6.73 Å². The van der Waals surface area contributed by atoms with Crippen LogP contribution in [0.5, 0.6) is 0 Å². The molecule has 0 heterocycles. The maximum absolute atomic E-state index is 11.4. The van der Waals surface area contributed by atoms with E-state index in [-0.39, 0.29) is 12.8 Å². The summed E-state index contributed by atoms with van der Waals surface area (Å²) >= 11 is 0. The lowest BCUT2D eigenvalue weighted by Crippen LogP contribution is -2.31. The first-order chi connectivity index (χ1) is 8.22. The first kappa shape index (κ1) is 13.3. The molecule has 2 amide bonds. The Bertz CT molecular complexity index is 340. The molecule has 1 rings (SSSR count). The molecule has 94 valence electrons. The summed E-state index contributed by atoms with van der Waals surface area (Å²) in [5.74, 6) is 0. The van der Waals surface area contributed by atoms with E-state index in [9.17, 15) is 4.79 Å². The summed E-state index contributed by atoms with van der Waals surface area (Å²) in [6, 6.07) is 6.55. The normalized spacial score (nSPS) is 9.94. The van der Waals surface area contributed by atoms with Crippen LogP contribution >= 0.6 is 0 Å². The topological polar surface area (TPSA) is 85.6 Å². The molecule has 0 aliphatic carbocycles. The van der Waals surface area contributed by atoms with Crippen molar-refractivity contribution < 1.29 is 14.3 Å². The summed E-state index contributed by atoms with van der Waals surface area (Å²) in [7, 11) is 1.59. The zero-order valence-corrected chi connectivity index (χ0v) is 9.73. The Balaban J connectivity index is 2.18. The maximum atomic E-state index is 11.4. The van der Waals surface area contributed by atoms with Crippen LogP contribution in [0, 0.1) is 0 Å². The smallest absolute Gasteiger partial charge is 0.321 e. The molecular weight excluding hydrogens is 222 g/mol. The van der Waals surface area contributed by atoms with Crippen LogP contribution in [0.3, 0.4) is 0 Å². The van der Waals surface area contributed by atoms with Gasteiger partial charge < -0.3 is 25.8 Å². The Kier molecular flexibility index (Phi) is 5.84. The first-order valence-electron chi connectivity index (χ1n) is 5.19. The van der Waals surface area contributed by atoms with Gasteiger partial charge in [0.05, 0.1) is 13.2 Å². The van der Waals surface area contributed by atoms with Crippen LogP contribution in [-0.4, -0.2) is 33.1 Å². The molecule has 0 bridgehead atoms. The summed E-state index contributed by atoms with van der Waals surface area (Å²) in [4.78, 5) is 11.4. The Morgan fingerprint density at radius 1 is 1.29 bits per heavy atom. The molecule has 0 aromatic heterocycles. The average molecular weight is 239 g/mol. The Morgan fingerprint density at radius 2 is 2.00 bits per heavy atom. The van der Waals surface area contributed by atoms with Crippen LogP contribution in [0.2, 0.25) is 0 Å². The fraction of sp³-hybridized carbons (Fsp3) is 0.364. The highest BCUT2D eigenvalue weighted by atomic mass is 16.5. The molecule has 0 radical (unpaired) electrons. The van der Waals surface area contributed by atoms with Gasteiger partial charge in [-0.05, 0) is 24.3 Å². The lowest BCUT2D eigenvalue weighted by Gasteiger charge is -2.08. The molecule has 0 aliphatic rings. The number of carbonyl (C=O) groups is 1. The summed E-state index contributed by atoms with van der Waals surface area (Å²) in [5.41, 5.74) is 6.85. The number of ether oxygens (including phenoxy) is 2. The van der Waals surface area contributed by atoms with E-state index in [0.717, 1.165) is 0 Å². The van der Waals surface area contributed by atoms with E-state index in [2.05, 4.69) is 10.6 Å². The number of carbonyl (C=O) groups excluding carboxylic acids is 1. The predicted molar refractivity (Wildman–Crippen MR) is 65.7 cm³/mol. The maximum Gasteiger partial charge on any atom is 0.321 e. The molecule has 0 saturated carbocycles. The van der Waals surface area contributed by atoms with Crippen LogP contribution in [0.4, 0.5) is 16.2 Å². The summed E-state index contributed by atoms with van der Waals surface area (Å²) < 4.78 is 9.88. The van der Waals surface area contributed by atoms with E-state index in [1.165, 1.54) is 0 Å². The van der Waals surface area contributed by atoms with Gasteiger partial charge in [-0.1, -0.05) is 0 Å². The van der Waals surface area contributed by atoms with Crippen molar-refractivity contribution in [2.45, 2.75) is 0 Å². The van der Waals surface area contributed by atoms with Gasteiger partial charge in [-0.25, -0.2) is 4.79 Å². The lowest BCUT2D eigenvalue weighted by atomic mass is 10.3. The van der Waals surface area contributed by atoms with E-state index >= 15 is 0 Å². The third kappa shape index (κ3) is 5.74. The van der Waals surface area contributed by atoms with Crippen LogP contribution in [0.15, 0.2) is 24.3 Å². The quantitative estimate of drug-likeness (QED) is 0.393. The highest BCUT2D eigenvalue weighted by molar-refractivity contribution is 5.89. The lowest BCUT2D eigenvalue weighted by molar-refractivity contribution is 0.0650. The van der Waals surface area contributed by atoms with Crippen LogP contribution in [0.1, 0.15) is 0 Å². The molecule has 4 N–H and O–H groups in total. The number of urea groups is 1. The molecule has 6 nitrogen and oxygen atoms in total. The molecule has 17 heavy (non-hydrogen) atoms. The number of rotatable bonds is 6. The monoisotopic (exact) mass is 239 g/mol. The van der Waals surface area contributed by atoms with Gasteiger partial charge in [0.2, 0.25) is 0 Å². The van der Waals surface area contributed by atoms with E-state index in [1.807, 2.05) is 0 Å². The van der Waals surface area contributed by atoms with Crippen molar-refractivity contribution in [3.63, 3.8) is 0 Å². The number of nitrogens with one attached hydrogen (secondary N) is 2. The molecule has 0 aliphatic heterocycles. The van der Waals surface area contributed by atoms with Gasteiger partial charge in [0.15, 0.2) is 0 Å². The molecule has 1 aromatic carbocycles. The molecule has 0 spiro atoms. The first-order valence-corrected chi connectivity index (χ1v) is 5.19. The van der Waals surface area contributed by atoms with E-state index in [1.54, 1.807) is 31.4 Å². The molecule has 0 atom stereocenters. The number of benzene rings is 1. The fourth-order valence-corrected chi connectivity index (χ4v) is 1.07. The highest BCUT2D eigenvalue weighted by Gasteiger charge is 2.00. The number of anilines is 2. The average Bonchev–Trinajstić information content (AvgIpc) is 2.32. The number of nitrogens with two attached hydrogens (primary N) is 1. The molecule has 6 heteroatoms. The van der Waals surface area contributed by atoms with Crippen molar-refractivity contribution in [2.75, 3.05) is 38.1 Å². The van der Waals surface area contributed by atoms with Crippen molar-refractivity contribution in [1.82, 2.24) is 5.32 Å². The second-order valence-corrected chi connectivity index (χ2v) is 3.30. The number of hydrogen-bond donors (Lipinski definition) is 3. The number of hydrogen-bond acceptors (Lipinski definition) is 4. The van der Waals surface area contributed by atoms with Crippen LogP contribution < -0.4 is 16.4 Å². The van der Waals surface area contributed by atoms with Crippen molar-refractivity contribution >= 4 is 17.4 Å². The fourth-order valence-electron chi connectivity index (χ4n) is 1.07. The van der Waals surface area contributed by atoms with Gasteiger partial charge in [-0.15, -0.1) is 0 Å². The van der Waals surface area contributed by atoms with Crippen molar-refractivity contribution in [3.8, 4) is 0 Å². The highest BCUT2D eigenvalue weighted by Crippen LogP contribution is 2.09. The Labute approximate surface area is 100 Å². The van der Waals surface area contributed by atoms with Gasteiger partial charge in [-0.3, -0.25) is 0 Å². The van der Waals surface area contributed by atoms with E-state index < -0.39 is 0 Å². The Hall–Kier alpha value is -1.79. The molecular formula is C11H17N3O3. The molecule has 1 aromatic rings. The van der Waals surface area contributed by atoms with Gasteiger partial charge in [0.25, 0.3) is 0 Å². The van der Waals surface area contributed by atoms with Crippen LogP contribution in [-0.2, 0) is 9.47 Å². The zero-order valence-electron chi connectivity index (χ0n) is 9.73. The predicted octanol–water partition coefficient (Wildman–Crippen LogP) is 1.01. The minimum Gasteiger partial charge on any atom is -0.399 e. The standard InChI is InChI=1S/C11H17N3O3/c1-16-6-7-17-8-13-11(15)14-10-4-2-9(12)3-5-10/h2-5H,6-8,12H2,1H3,(H2,13,14,15). The second kappa shape index (κ2) is 7.48. The summed E-state index contributed by atoms with van der Waals surface area (Å²) in [6.45, 7) is 1.09. The van der Waals surface area contributed by atoms with E-state index in [0.29, 0.717) is 24.6 Å². The third-order valence-corrected chi connectivity index (χ3v) is 1.94. The largest absolute Gasteiger partial charge is 0.399 e. The second-order valence-electron chi connectivity index (χ2n) is 3.30. The number of methoxy groups -OCH3 is 1. The van der Waals surface area contributed by atoms with Gasteiger partial charge in [-0.2, -0.15) is 0 Å². The number of nitrogen functional groups attached to an aromatic ring is 1. The Morgan fingerprint density at radius 3 is 2.65 bits per heavy atom. The van der Waals surface area contributed by atoms with Crippen LogP contribution in [0.25, 0.3) is 0 Å². The van der Waals surface area contributed by atoms with Gasteiger partial charge in [0, 0.05) is 18.5 Å². The van der Waals surface area contributed by atoms with Crippen molar-refractivity contribution in [2.24, 2.45) is 0 Å². The van der Waals surface area contributed by atoms with Gasteiger partial charge >= 0.3 is 6.03 Å². The van der Waals surface area contributed by atoms with E-state index in [4.69, 9.17) is 15.2 Å². The minimum atomic E-state index is -0.327. The minimum absolute atomic E-state index is 0.143. The van der Waals surface area contributed by atoms with Crippen molar-refractivity contribution in [1.29, 1.82) is 0 Å². The third-order valence-electron chi connectivity index (χ3n) is 1.94. The summed E-state index contributed by atoms with van der Waals surface area (Å²) in [6.07, 6.45) is 0. The molecule has 0 unspecified atom stereocenters. The van der Waals surface area contributed by atoms with Crippen molar-refractivity contribution in [3.05, 3.63) is 24.3 Å². The summed E-state index contributed by atoms with van der Waals surface area (Å²) in [5, 5.41) is 5.19. The molecule has 0 fully saturated rings. The zero-order chi connectivity index (χ0) is 12.5. The molecule has 0 saturated heterocycles.